The van der Waals surface area contributed by atoms with Gasteiger partial charge in [-0.15, -0.1) is 0 Å². The zero-order valence-electron chi connectivity index (χ0n) is 10.5. The highest BCUT2D eigenvalue weighted by atomic mass is 79.9. The lowest BCUT2D eigenvalue weighted by Crippen LogP contribution is -2.22. The Bertz CT molecular complexity index is 503. The minimum Gasteiger partial charge on any atom is -0.493 e. The molecule has 0 radical (unpaired) electrons. The van der Waals surface area contributed by atoms with Gasteiger partial charge in [-0.05, 0) is 22.0 Å². The molecule has 0 aliphatic heterocycles. The molecule has 0 heterocycles. The third-order valence-corrected chi connectivity index (χ3v) is 3.34. The number of ether oxygens (including phenoxy) is 2. The van der Waals surface area contributed by atoms with E-state index in [0.29, 0.717) is 16.3 Å². The summed E-state index contributed by atoms with van der Waals surface area (Å²) in [7, 11) is 2.75. The van der Waals surface area contributed by atoms with Crippen molar-refractivity contribution < 1.29 is 24.2 Å². The average molecular weight is 332 g/mol. The maximum absolute atomic E-state index is 11.2. The number of nitrogens with two attached hydrogens (primary N) is 1. The molecule has 3 N–H and O–H groups in total. The van der Waals surface area contributed by atoms with Crippen molar-refractivity contribution in [1.82, 2.24) is 0 Å². The van der Waals surface area contributed by atoms with Crippen LogP contribution in [0.1, 0.15) is 21.8 Å². The Morgan fingerprint density at radius 2 is 2.05 bits per heavy atom. The largest absolute Gasteiger partial charge is 0.493 e. The summed E-state index contributed by atoms with van der Waals surface area (Å²) in [5, 5.41) is 9.17. The van der Waals surface area contributed by atoms with Crippen LogP contribution < -0.4 is 15.2 Å². The number of hydrogen-bond donors (Lipinski definition) is 2. The summed E-state index contributed by atoms with van der Waals surface area (Å²) in [5.41, 5.74) is 6.09. The van der Waals surface area contributed by atoms with Crippen molar-refractivity contribution in [3.8, 4) is 11.5 Å². The Morgan fingerprint density at radius 3 is 2.42 bits per heavy atom. The first-order valence-electron chi connectivity index (χ1n) is 5.34. The number of aliphatic carboxylic acids is 1. The van der Waals surface area contributed by atoms with Gasteiger partial charge in [0.15, 0.2) is 17.8 Å². The van der Waals surface area contributed by atoms with Crippen molar-refractivity contribution in [1.29, 1.82) is 0 Å². The SMILES string of the molecule is COc1c(C(CN)C(=O)O)cc(Br)c(C=O)c1OC. The molecule has 104 valence electrons. The smallest absolute Gasteiger partial charge is 0.312 e. The molecule has 0 bridgehead atoms. The van der Waals surface area contributed by atoms with Crippen LogP contribution in [0.2, 0.25) is 0 Å². The predicted octanol–water partition coefficient (Wildman–Crippen LogP) is 1.41. The molecular formula is C12H14BrNO5. The molecule has 0 amide bonds. The lowest BCUT2D eigenvalue weighted by molar-refractivity contribution is -0.138. The zero-order chi connectivity index (χ0) is 14.6. The van der Waals surface area contributed by atoms with Gasteiger partial charge in [-0.25, -0.2) is 0 Å². The van der Waals surface area contributed by atoms with Crippen LogP contribution in [0, 0.1) is 0 Å². The van der Waals surface area contributed by atoms with E-state index in [4.69, 9.17) is 20.3 Å². The van der Waals surface area contributed by atoms with Gasteiger partial charge in [0.2, 0.25) is 0 Å². The molecule has 0 saturated carbocycles. The van der Waals surface area contributed by atoms with E-state index in [0.717, 1.165) is 0 Å². The van der Waals surface area contributed by atoms with E-state index in [2.05, 4.69) is 15.9 Å². The van der Waals surface area contributed by atoms with Gasteiger partial charge >= 0.3 is 5.97 Å². The van der Waals surface area contributed by atoms with E-state index < -0.39 is 11.9 Å². The summed E-state index contributed by atoms with van der Waals surface area (Å²) in [5.74, 6) is -1.64. The molecule has 1 rings (SSSR count). The van der Waals surface area contributed by atoms with Gasteiger partial charge in [0.1, 0.15) is 0 Å². The van der Waals surface area contributed by atoms with Crippen molar-refractivity contribution in [3.05, 3.63) is 21.7 Å². The number of halogens is 1. The maximum Gasteiger partial charge on any atom is 0.312 e. The van der Waals surface area contributed by atoms with E-state index >= 15 is 0 Å². The number of rotatable bonds is 6. The Balaban J connectivity index is 3.61. The van der Waals surface area contributed by atoms with Crippen LogP contribution in [0.15, 0.2) is 10.5 Å². The van der Waals surface area contributed by atoms with Crippen molar-refractivity contribution in [2.75, 3.05) is 20.8 Å². The van der Waals surface area contributed by atoms with Gasteiger partial charge in [0.25, 0.3) is 0 Å². The van der Waals surface area contributed by atoms with Crippen LogP contribution in [-0.4, -0.2) is 38.1 Å². The fraction of sp³-hybridized carbons (Fsp3) is 0.333. The summed E-state index contributed by atoms with van der Waals surface area (Å²) in [4.78, 5) is 22.3. The molecule has 0 spiro atoms. The molecule has 0 saturated heterocycles. The van der Waals surface area contributed by atoms with Gasteiger partial charge in [-0.2, -0.15) is 0 Å². The molecule has 19 heavy (non-hydrogen) atoms. The predicted molar refractivity (Wildman–Crippen MR) is 72.1 cm³/mol. The topological polar surface area (TPSA) is 98.9 Å². The molecule has 0 fully saturated rings. The quantitative estimate of drug-likeness (QED) is 0.764. The second-order valence-corrected chi connectivity index (χ2v) is 4.53. The van der Waals surface area contributed by atoms with Crippen molar-refractivity contribution in [3.63, 3.8) is 0 Å². The van der Waals surface area contributed by atoms with E-state index in [1.807, 2.05) is 0 Å². The van der Waals surface area contributed by atoms with Crippen LogP contribution in [0.25, 0.3) is 0 Å². The van der Waals surface area contributed by atoms with Crippen LogP contribution >= 0.6 is 15.9 Å². The summed E-state index contributed by atoms with van der Waals surface area (Å²) < 4.78 is 10.7. The third-order valence-electron chi connectivity index (χ3n) is 2.69. The summed E-state index contributed by atoms with van der Waals surface area (Å²) in [6.45, 7) is -0.0955. The summed E-state index contributed by atoms with van der Waals surface area (Å²) in [6.07, 6.45) is 0.605. The number of hydrogen-bond acceptors (Lipinski definition) is 5. The van der Waals surface area contributed by atoms with E-state index in [1.54, 1.807) is 0 Å². The normalized spacial score (nSPS) is 11.8. The minimum atomic E-state index is -1.08. The van der Waals surface area contributed by atoms with Crippen LogP contribution in [0.4, 0.5) is 0 Å². The van der Waals surface area contributed by atoms with Crippen LogP contribution in [-0.2, 0) is 4.79 Å². The second kappa shape index (κ2) is 6.53. The van der Waals surface area contributed by atoms with Crippen LogP contribution in [0.3, 0.4) is 0 Å². The van der Waals surface area contributed by atoms with E-state index in [-0.39, 0.29) is 23.6 Å². The van der Waals surface area contributed by atoms with Gasteiger partial charge in [-0.1, -0.05) is 0 Å². The van der Waals surface area contributed by atoms with Gasteiger partial charge < -0.3 is 20.3 Å². The first-order chi connectivity index (χ1) is 9.01. The number of benzene rings is 1. The van der Waals surface area contributed by atoms with Gasteiger partial charge in [-0.3, -0.25) is 9.59 Å². The number of carbonyl (C=O) groups is 2. The van der Waals surface area contributed by atoms with E-state index in [1.165, 1.54) is 20.3 Å². The molecule has 0 aliphatic carbocycles. The fourth-order valence-corrected chi connectivity index (χ4v) is 2.30. The minimum absolute atomic E-state index is 0.0955. The molecule has 0 aromatic heterocycles. The molecule has 1 unspecified atom stereocenters. The fourth-order valence-electron chi connectivity index (χ4n) is 1.78. The van der Waals surface area contributed by atoms with E-state index in [9.17, 15) is 9.59 Å². The second-order valence-electron chi connectivity index (χ2n) is 3.67. The molecular weight excluding hydrogens is 318 g/mol. The average Bonchev–Trinajstić information content (AvgIpc) is 2.38. The number of carboxylic acids is 1. The molecule has 0 aliphatic rings. The number of carbonyl (C=O) groups excluding carboxylic acids is 1. The summed E-state index contributed by atoms with van der Waals surface area (Å²) >= 11 is 3.21. The zero-order valence-corrected chi connectivity index (χ0v) is 12.1. The maximum atomic E-state index is 11.2. The van der Waals surface area contributed by atoms with Gasteiger partial charge in [0, 0.05) is 16.6 Å². The Kier molecular flexibility index (Phi) is 5.31. The highest BCUT2D eigenvalue weighted by molar-refractivity contribution is 9.10. The van der Waals surface area contributed by atoms with Crippen molar-refractivity contribution >= 4 is 28.2 Å². The lowest BCUT2D eigenvalue weighted by Gasteiger charge is -2.19. The monoisotopic (exact) mass is 331 g/mol. The summed E-state index contributed by atoms with van der Waals surface area (Å²) in [6, 6.07) is 1.51. The molecule has 6 nitrogen and oxygen atoms in total. The lowest BCUT2D eigenvalue weighted by atomic mass is 9.96. The first kappa shape index (κ1) is 15.5. The Hall–Kier alpha value is -1.60. The molecule has 1 atom stereocenters. The standard InChI is InChI=1S/C12H14BrNO5/c1-18-10-6(7(4-14)12(16)17)3-9(13)8(5-15)11(10)19-2/h3,5,7H,4,14H2,1-2H3,(H,16,17). The van der Waals surface area contributed by atoms with Crippen molar-refractivity contribution in [2.45, 2.75) is 5.92 Å². The third kappa shape index (κ3) is 2.87. The van der Waals surface area contributed by atoms with Crippen LogP contribution in [0.5, 0.6) is 11.5 Å². The number of methoxy groups -OCH3 is 2. The Labute approximate surface area is 118 Å². The van der Waals surface area contributed by atoms with Crippen molar-refractivity contribution in [2.24, 2.45) is 5.73 Å². The van der Waals surface area contributed by atoms with Gasteiger partial charge in [0.05, 0.1) is 25.7 Å². The number of carboxylic acid groups (broad SMARTS) is 1. The Morgan fingerprint density at radius 1 is 1.47 bits per heavy atom. The highest BCUT2D eigenvalue weighted by Gasteiger charge is 2.27. The highest BCUT2D eigenvalue weighted by Crippen LogP contribution is 2.41. The molecule has 1 aromatic rings. The molecule has 7 heteroatoms. The molecule has 1 aromatic carbocycles. The number of aldehydes is 1. The first-order valence-corrected chi connectivity index (χ1v) is 6.13.